The van der Waals surface area contributed by atoms with Crippen LogP contribution < -0.4 is 10.1 Å². The molecule has 0 bridgehead atoms. The fourth-order valence-corrected chi connectivity index (χ4v) is 5.12. The lowest BCUT2D eigenvalue weighted by Gasteiger charge is -2.26. The van der Waals surface area contributed by atoms with E-state index >= 15 is 0 Å². The quantitative estimate of drug-likeness (QED) is 0.144. The van der Waals surface area contributed by atoms with Gasteiger partial charge in [-0.3, -0.25) is 14.5 Å². The number of thioether (sulfide) groups is 1. The van der Waals surface area contributed by atoms with E-state index in [2.05, 4.69) is 5.32 Å². The minimum atomic E-state index is -1.95. The van der Waals surface area contributed by atoms with Gasteiger partial charge in [-0.2, -0.15) is 0 Å². The zero-order valence-electron chi connectivity index (χ0n) is 18.7. The van der Waals surface area contributed by atoms with E-state index in [4.69, 9.17) is 56.2 Å². The second-order valence-electron chi connectivity index (χ2n) is 7.70. The number of furan rings is 1. The Labute approximate surface area is 232 Å². The Hall–Kier alpha value is -2.49. The number of benzene rings is 2. The number of amides is 2. The van der Waals surface area contributed by atoms with Crippen molar-refractivity contribution in [3.63, 3.8) is 0 Å². The number of hydrogen-bond acceptors (Lipinski definition) is 6. The lowest BCUT2D eigenvalue weighted by atomic mass is 10.1. The van der Waals surface area contributed by atoms with E-state index in [9.17, 15) is 9.59 Å². The highest BCUT2D eigenvalue weighted by atomic mass is 35.6. The highest BCUT2D eigenvalue weighted by Gasteiger charge is 2.37. The molecule has 6 nitrogen and oxygen atoms in total. The molecule has 3 aromatic rings. The van der Waals surface area contributed by atoms with Gasteiger partial charge in [0.1, 0.15) is 10.1 Å². The molecule has 1 saturated heterocycles. The van der Waals surface area contributed by atoms with Crippen molar-refractivity contribution in [1.82, 2.24) is 10.2 Å². The van der Waals surface area contributed by atoms with Gasteiger partial charge < -0.3 is 14.5 Å². The summed E-state index contributed by atoms with van der Waals surface area (Å²) in [6, 6.07) is 19.3. The van der Waals surface area contributed by atoms with Crippen molar-refractivity contribution in [2.45, 2.75) is 23.0 Å². The summed E-state index contributed by atoms with van der Waals surface area (Å²) in [6.07, 6.45) is 1.82. The Morgan fingerprint density at radius 2 is 1.81 bits per heavy atom. The van der Waals surface area contributed by atoms with Gasteiger partial charge in [0.15, 0.2) is 5.76 Å². The SMILES string of the molecule is CC(c1ccccc1)N1C(=O)/C(=C/c2ccc(OC(NC(=O)c3ccco3)C(Cl)(Cl)Cl)cc2)SC1=S. The molecule has 1 aromatic heterocycles. The molecule has 2 amide bonds. The van der Waals surface area contributed by atoms with E-state index in [1.165, 1.54) is 24.1 Å². The van der Waals surface area contributed by atoms with E-state index in [-0.39, 0.29) is 17.7 Å². The molecule has 2 atom stereocenters. The third kappa shape index (κ3) is 6.25. The van der Waals surface area contributed by atoms with E-state index in [0.717, 1.165) is 11.1 Å². The number of alkyl halides is 3. The molecule has 1 N–H and O–H groups in total. The minimum absolute atomic E-state index is 0.0482. The summed E-state index contributed by atoms with van der Waals surface area (Å²) in [5, 5.41) is 2.49. The van der Waals surface area contributed by atoms with Crippen LogP contribution in [0.3, 0.4) is 0 Å². The number of carbonyl (C=O) groups excluding carboxylic acids is 2. The Bertz CT molecular complexity index is 1280. The van der Waals surface area contributed by atoms with Gasteiger partial charge in [0, 0.05) is 0 Å². The van der Waals surface area contributed by atoms with Crippen molar-refractivity contribution < 1.29 is 18.7 Å². The van der Waals surface area contributed by atoms with Crippen molar-refractivity contribution in [1.29, 1.82) is 0 Å². The van der Waals surface area contributed by atoms with Gasteiger partial charge >= 0.3 is 0 Å². The molecule has 2 unspecified atom stereocenters. The minimum Gasteiger partial charge on any atom is -0.466 e. The van der Waals surface area contributed by atoms with Crippen LogP contribution in [0.4, 0.5) is 0 Å². The average molecular weight is 582 g/mol. The van der Waals surface area contributed by atoms with Crippen LogP contribution in [0.2, 0.25) is 0 Å². The molecule has 36 heavy (non-hydrogen) atoms. The Morgan fingerprint density at radius 1 is 1.11 bits per heavy atom. The van der Waals surface area contributed by atoms with E-state index < -0.39 is 15.9 Å². The van der Waals surface area contributed by atoms with Gasteiger partial charge in [-0.1, -0.05) is 101 Å². The van der Waals surface area contributed by atoms with Crippen LogP contribution in [0, 0.1) is 0 Å². The van der Waals surface area contributed by atoms with Gasteiger partial charge in [0.2, 0.25) is 10.0 Å². The standard InChI is InChI=1S/C25H19Cl3N2O4S2/c1-15(17-6-3-2-4-7-17)30-22(32)20(36-24(30)35)14-16-9-11-18(12-10-16)34-23(25(26,27)28)29-21(31)19-8-5-13-33-19/h2-15,23H,1H3,(H,29,31)/b20-14-. The molecule has 0 spiro atoms. The van der Waals surface area contributed by atoms with Crippen molar-refractivity contribution in [3.05, 3.63) is 94.8 Å². The van der Waals surface area contributed by atoms with Crippen LogP contribution in [0.5, 0.6) is 5.75 Å². The molecule has 1 fully saturated rings. The molecule has 11 heteroatoms. The smallest absolute Gasteiger partial charge is 0.289 e. The second-order valence-corrected chi connectivity index (χ2v) is 11.7. The molecule has 186 valence electrons. The predicted molar refractivity (Wildman–Crippen MR) is 147 cm³/mol. The predicted octanol–water partition coefficient (Wildman–Crippen LogP) is 6.75. The van der Waals surface area contributed by atoms with Gasteiger partial charge in [-0.25, -0.2) is 0 Å². The molecule has 0 radical (unpaired) electrons. The number of rotatable bonds is 7. The highest BCUT2D eigenvalue weighted by molar-refractivity contribution is 8.26. The van der Waals surface area contributed by atoms with Crippen LogP contribution in [0.15, 0.2) is 82.3 Å². The molecular formula is C25H19Cl3N2O4S2. The lowest BCUT2D eigenvalue weighted by molar-refractivity contribution is -0.123. The van der Waals surface area contributed by atoms with Crippen LogP contribution in [0.25, 0.3) is 6.08 Å². The Morgan fingerprint density at radius 3 is 2.42 bits per heavy atom. The van der Waals surface area contributed by atoms with Crippen LogP contribution in [-0.4, -0.2) is 31.1 Å². The van der Waals surface area contributed by atoms with Gasteiger partial charge in [-0.05, 0) is 48.4 Å². The van der Waals surface area contributed by atoms with Crippen molar-refractivity contribution in [2.24, 2.45) is 0 Å². The summed E-state index contributed by atoms with van der Waals surface area (Å²) in [6.45, 7) is 1.95. The van der Waals surface area contributed by atoms with E-state index in [0.29, 0.717) is 15.0 Å². The number of hydrogen-bond donors (Lipinski definition) is 1. The monoisotopic (exact) mass is 580 g/mol. The fourth-order valence-electron chi connectivity index (χ4n) is 3.40. The fraction of sp³-hybridized carbons (Fsp3) is 0.160. The molecule has 2 aromatic carbocycles. The summed E-state index contributed by atoms with van der Waals surface area (Å²) in [5.41, 5.74) is 1.75. The molecular weight excluding hydrogens is 563 g/mol. The first-order chi connectivity index (χ1) is 17.1. The van der Waals surface area contributed by atoms with Crippen molar-refractivity contribution in [2.75, 3.05) is 0 Å². The molecule has 1 aliphatic heterocycles. The Balaban J connectivity index is 1.46. The number of halogens is 3. The van der Waals surface area contributed by atoms with Gasteiger partial charge in [0.05, 0.1) is 17.2 Å². The van der Waals surface area contributed by atoms with Crippen LogP contribution >= 0.6 is 58.8 Å². The number of nitrogens with one attached hydrogen (secondary N) is 1. The topological polar surface area (TPSA) is 71.8 Å². The van der Waals surface area contributed by atoms with Crippen LogP contribution in [-0.2, 0) is 4.79 Å². The highest BCUT2D eigenvalue weighted by Crippen LogP contribution is 2.38. The summed E-state index contributed by atoms with van der Waals surface area (Å²) < 4.78 is 9.32. The van der Waals surface area contributed by atoms with Crippen LogP contribution in [0.1, 0.15) is 34.6 Å². The first-order valence-corrected chi connectivity index (χ1v) is 13.0. The first kappa shape index (κ1) is 26.6. The molecule has 0 saturated carbocycles. The summed E-state index contributed by atoms with van der Waals surface area (Å²) in [7, 11) is 0. The summed E-state index contributed by atoms with van der Waals surface area (Å²) in [4.78, 5) is 27.5. The number of thiocarbonyl (C=S) groups is 1. The van der Waals surface area contributed by atoms with E-state index in [1.807, 2.05) is 37.3 Å². The summed E-state index contributed by atoms with van der Waals surface area (Å²) >= 11 is 24.8. The molecule has 4 rings (SSSR count). The number of nitrogens with zero attached hydrogens (tertiary/aromatic N) is 1. The second kappa shape index (κ2) is 11.3. The zero-order valence-corrected chi connectivity index (χ0v) is 22.6. The number of ether oxygens (including phenoxy) is 1. The van der Waals surface area contributed by atoms with Gasteiger partial charge in [-0.15, -0.1) is 0 Å². The lowest BCUT2D eigenvalue weighted by Crippen LogP contribution is -2.47. The third-order valence-electron chi connectivity index (χ3n) is 5.23. The van der Waals surface area contributed by atoms with E-state index in [1.54, 1.807) is 41.3 Å². The number of carbonyl (C=O) groups is 2. The first-order valence-electron chi connectivity index (χ1n) is 10.6. The zero-order chi connectivity index (χ0) is 25.9. The van der Waals surface area contributed by atoms with Crippen molar-refractivity contribution in [3.8, 4) is 5.75 Å². The van der Waals surface area contributed by atoms with Gasteiger partial charge in [0.25, 0.3) is 11.8 Å². The maximum atomic E-state index is 13.1. The Kier molecular flexibility index (Phi) is 8.32. The molecule has 1 aliphatic rings. The van der Waals surface area contributed by atoms with Crippen molar-refractivity contribution >= 4 is 81.0 Å². The average Bonchev–Trinajstić information content (AvgIpc) is 3.48. The largest absolute Gasteiger partial charge is 0.466 e. The maximum absolute atomic E-state index is 13.1. The normalized spacial score (nSPS) is 16.8. The maximum Gasteiger partial charge on any atom is 0.289 e. The third-order valence-corrected chi connectivity index (χ3v) is 7.15. The summed E-state index contributed by atoms with van der Waals surface area (Å²) in [5.74, 6) is -0.362. The molecule has 2 heterocycles. The molecule has 0 aliphatic carbocycles.